The van der Waals surface area contributed by atoms with Crippen LogP contribution < -0.4 is 10.1 Å². The number of carbonyl (C=O) groups is 3. The van der Waals surface area contributed by atoms with Crippen molar-refractivity contribution in [3.63, 3.8) is 0 Å². The zero-order valence-corrected chi connectivity index (χ0v) is 15.0. The van der Waals surface area contributed by atoms with Crippen molar-refractivity contribution in [3.8, 4) is 5.75 Å². The maximum atomic E-state index is 12.5. The Morgan fingerprint density at radius 3 is 2.48 bits per heavy atom. The summed E-state index contributed by atoms with van der Waals surface area (Å²) in [5.74, 6) is -0.410. The Hall–Kier alpha value is -2.57. The summed E-state index contributed by atoms with van der Waals surface area (Å²) in [7, 11) is 1.54. The highest BCUT2D eigenvalue weighted by atomic mass is 16.5. The smallest absolute Gasteiger partial charge is 0.326 e. The number of nitrogens with zero attached hydrogens (tertiary/aromatic N) is 1. The standard InChI is InChI=1S/C18H24N2O5/c1-5-18(6-2)16(22)20(17(23)19-18)10-15(21)25-11-13-9-12(3)7-8-14(13)24-4/h7-9H,5-6,10-11H2,1-4H3,(H,19,23). The average Bonchev–Trinajstić information content (AvgIpc) is 2.84. The number of esters is 1. The number of urea groups is 1. The fourth-order valence-electron chi connectivity index (χ4n) is 2.90. The van der Waals surface area contributed by atoms with Crippen LogP contribution in [0.5, 0.6) is 5.75 Å². The van der Waals surface area contributed by atoms with E-state index in [-0.39, 0.29) is 12.5 Å². The van der Waals surface area contributed by atoms with E-state index in [9.17, 15) is 14.4 Å². The molecule has 1 saturated heterocycles. The molecule has 25 heavy (non-hydrogen) atoms. The van der Waals surface area contributed by atoms with Gasteiger partial charge in [0.05, 0.1) is 7.11 Å². The lowest BCUT2D eigenvalue weighted by Crippen LogP contribution is -2.46. The molecule has 0 bridgehead atoms. The van der Waals surface area contributed by atoms with Crippen molar-refractivity contribution in [2.24, 2.45) is 0 Å². The van der Waals surface area contributed by atoms with Crippen LogP contribution in [0.3, 0.4) is 0 Å². The number of carbonyl (C=O) groups excluding carboxylic acids is 3. The first-order valence-corrected chi connectivity index (χ1v) is 8.30. The maximum Gasteiger partial charge on any atom is 0.326 e. The fraction of sp³-hybridized carbons (Fsp3) is 0.500. The molecule has 1 N–H and O–H groups in total. The second-order valence-corrected chi connectivity index (χ2v) is 6.09. The van der Waals surface area contributed by atoms with Gasteiger partial charge in [-0.1, -0.05) is 25.5 Å². The van der Waals surface area contributed by atoms with Gasteiger partial charge in [0.2, 0.25) is 0 Å². The molecule has 0 atom stereocenters. The van der Waals surface area contributed by atoms with E-state index < -0.39 is 24.1 Å². The molecule has 0 unspecified atom stereocenters. The van der Waals surface area contributed by atoms with Gasteiger partial charge in [-0.05, 0) is 31.9 Å². The number of nitrogens with one attached hydrogen (secondary N) is 1. The molecule has 0 aliphatic carbocycles. The van der Waals surface area contributed by atoms with Gasteiger partial charge in [0, 0.05) is 5.56 Å². The SMILES string of the molecule is CCC1(CC)NC(=O)N(CC(=O)OCc2cc(C)ccc2OC)C1=O. The Labute approximate surface area is 147 Å². The average molecular weight is 348 g/mol. The summed E-state index contributed by atoms with van der Waals surface area (Å²) in [6.07, 6.45) is 0.945. The van der Waals surface area contributed by atoms with Crippen LogP contribution in [0.4, 0.5) is 4.79 Å². The van der Waals surface area contributed by atoms with Gasteiger partial charge in [0.25, 0.3) is 5.91 Å². The normalized spacial score (nSPS) is 15.9. The molecule has 0 saturated carbocycles. The number of aryl methyl sites for hydroxylation is 1. The molecule has 1 fully saturated rings. The Morgan fingerprint density at radius 1 is 1.24 bits per heavy atom. The number of benzene rings is 1. The van der Waals surface area contributed by atoms with Crippen molar-refractivity contribution in [2.75, 3.05) is 13.7 Å². The molecule has 1 aliphatic heterocycles. The van der Waals surface area contributed by atoms with Crippen molar-refractivity contribution in [1.82, 2.24) is 10.2 Å². The number of rotatable bonds is 7. The van der Waals surface area contributed by atoms with Crippen LogP contribution in [0.2, 0.25) is 0 Å². The minimum absolute atomic E-state index is 0.0139. The predicted molar refractivity (Wildman–Crippen MR) is 91.1 cm³/mol. The van der Waals surface area contributed by atoms with Crippen LogP contribution in [0, 0.1) is 6.92 Å². The van der Waals surface area contributed by atoms with Crippen molar-refractivity contribution in [3.05, 3.63) is 29.3 Å². The molecule has 0 aromatic heterocycles. The van der Waals surface area contributed by atoms with Crippen LogP contribution in [0.1, 0.15) is 37.8 Å². The third kappa shape index (κ3) is 3.75. The first-order chi connectivity index (χ1) is 11.9. The highest BCUT2D eigenvalue weighted by molar-refractivity contribution is 6.08. The van der Waals surface area contributed by atoms with Crippen LogP contribution >= 0.6 is 0 Å². The molecule has 1 aromatic rings. The molecular weight excluding hydrogens is 324 g/mol. The Bertz CT molecular complexity index is 682. The lowest BCUT2D eigenvalue weighted by molar-refractivity contribution is -0.149. The zero-order chi connectivity index (χ0) is 18.6. The lowest BCUT2D eigenvalue weighted by atomic mass is 9.93. The Balaban J connectivity index is 2.00. The lowest BCUT2D eigenvalue weighted by Gasteiger charge is -2.22. The molecule has 3 amide bonds. The molecule has 136 valence electrons. The number of methoxy groups -OCH3 is 1. The Morgan fingerprint density at radius 2 is 1.92 bits per heavy atom. The summed E-state index contributed by atoms with van der Waals surface area (Å²) in [4.78, 5) is 37.5. The summed E-state index contributed by atoms with van der Waals surface area (Å²) >= 11 is 0. The van der Waals surface area contributed by atoms with E-state index in [0.29, 0.717) is 18.6 Å². The van der Waals surface area contributed by atoms with Crippen LogP contribution in [0.25, 0.3) is 0 Å². The third-order valence-electron chi connectivity index (χ3n) is 4.56. The largest absolute Gasteiger partial charge is 0.496 e. The van der Waals surface area contributed by atoms with Gasteiger partial charge in [-0.25, -0.2) is 4.79 Å². The third-order valence-corrected chi connectivity index (χ3v) is 4.56. The zero-order valence-electron chi connectivity index (χ0n) is 15.0. The Kier molecular flexibility index (Phi) is 5.66. The highest BCUT2D eigenvalue weighted by Gasteiger charge is 2.49. The highest BCUT2D eigenvalue weighted by Crippen LogP contribution is 2.25. The molecule has 1 aromatic carbocycles. The number of hydrogen-bond donors (Lipinski definition) is 1. The minimum Gasteiger partial charge on any atom is -0.496 e. The number of ether oxygens (including phenoxy) is 2. The number of imide groups is 1. The molecule has 0 radical (unpaired) electrons. The van der Waals surface area contributed by atoms with E-state index in [2.05, 4.69) is 5.32 Å². The van der Waals surface area contributed by atoms with Crippen molar-refractivity contribution >= 4 is 17.9 Å². The van der Waals surface area contributed by atoms with Crippen LogP contribution in [-0.4, -0.2) is 42.0 Å². The number of hydrogen-bond acceptors (Lipinski definition) is 5. The van der Waals surface area contributed by atoms with Gasteiger partial charge in [0.1, 0.15) is 24.4 Å². The summed E-state index contributed by atoms with van der Waals surface area (Å²) in [6, 6.07) is 5.00. The second-order valence-electron chi connectivity index (χ2n) is 6.09. The molecule has 7 nitrogen and oxygen atoms in total. The summed E-state index contributed by atoms with van der Waals surface area (Å²) in [5, 5.41) is 2.68. The summed E-state index contributed by atoms with van der Waals surface area (Å²) < 4.78 is 10.5. The van der Waals surface area contributed by atoms with Crippen LogP contribution in [0.15, 0.2) is 18.2 Å². The molecular formula is C18H24N2O5. The summed E-state index contributed by atoms with van der Waals surface area (Å²) in [6.45, 7) is 5.19. The van der Waals surface area contributed by atoms with E-state index in [4.69, 9.17) is 9.47 Å². The molecule has 2 rings (SSSR count). The van der Waals surface area contributed by atoms with Gasteiger partial charge >= 0.3 is 12.0 Å². The monoisotopic (exact) mass is 348 g/mol. The minimum atomic E-state index is -0.920. The van der Waals surface area contributed by atoms with E-state index in [1.807, 2.05) is 32.9 Å². The van der Waals surface area contributed by atoms with Gasteiger partial charge in [-0.2, -0.15) is 0 Å². The number of amides is 3. The van der Waals surface area contributed by atoms with E-state index in [0.717, 1.165) is 16.0 Å². The molecule has 1 aliphatic rings. The van der Waals surface area contributed by atoms with Gasteiger partial charge in [-0.3, -0.25) is 14.5 Å². The summed E-state index contributed by atoms with van der Waals surface area (Å²) in [5.41, 5.74) is 0.818. The van der Waals surface area contributed by atoms with Gasteiger partial charge < -0.3 is 14.8 Å². The quantitative estimate of drug-likeness (QED) is 0.603. The maximum absolute atomic E-state index is 12.5. The molecule has 0 spiro atoms. The fourth-order valence-corrected chi connectivity index (χ4v) is 2.90. The molecule has 1 heterocycles. The molecule has 7 heteroatoms. The van der Waals surface area contributed by atoms with E-state index >= 15 is 0 Å². The van der Waals surface area contributed by atoms with E-state index in [1.54, 1.807) is 6.07 Å². The first-order valence-electron chi connectivity index (χ1n) is 8.30. The predicted octanol–water partition coefficient (Wildman–Crippen LogP) is 2.16. The second kappa shape index (κ2) is 7.55. The van der Waals surface area contributed by atoms with Gasteiger partial charge in [0.15, 0.2) is 0 Å². The van der Waals surface area contributed by atoms with Gasteiger partial charge in [-0.15, -0.1) is 0 Å². The van der Waals surface area contributed by atoms with E-state index in [1.165, 1.54) is 7.11 Å². The topological polar surface area (TPSA) is 84.9 Å². The van der Waals surface area contributed by atoms with Crippen molar-refractivity contribution in [1.29, 1.82) is 0 Å². The first kappa shape index (κ1) is 18.8. The van der Waals surface area contributed by atoms with Crippen molar-refractivity contribution in [2.45, 2.75) is 45.8 Å². The van der Waals surface area contributed by atoms with Crippen LogP contribution in [-0.2, 0) is 20.9 Å². The van der Waals surface area contributed by atoms with Crippen molar-refractivity contribution < 1.29 is 23.9 Å².